The number of nitrogens with zero attached hydrogens (tertiary/aromatic N) is 1. The molecule has 1 aromatic rings. The number of hydrogen-bond donors (Lipinski definition) is 1. The molecule has 7 heteroatoms. The first kappa shape index (κ1) is 13.1. The topological polar surface area (TPSA) is 80.4 Å². The van der Waals surface area contributed by atoms with E-state index in [9.17, 15) is 23.7 Å². The van der Waals surface area contributed by atoms with Crippen molar-refractivity contribution in [3.05, 3.63) is 51.6 Å². The summed E-state index contributed by atoms with van der Waals surface area (Å²) >= 11 is 0. The number of carbonyl (C=O) groups is 1. The number of benzene rings is 1. The van der Waals surface area contributed by atoms with Gasteiger partial charge in [0.15, 0.2) is 0 Å². The molecule has 0 atom stereocenters. The Bertz CT molecular complexity index is 594. The fraction of sp³-hybridized carbons (Fsp3) is 0.250. The van der Waals surface area contributed by atoms with Crippen molar-refractivity contribution >= 4 is 11.7 Å². The molecule has 0 aromatic heterocycles. The molecule has 1 aliphatic rings. The smallest absolute Gasteiger partial charge is 0.328 e. The zero-order valence-corrected chi connectivity index (χ0v) is 9.60. The molecule has 0 unspecified atom stereocenters. The molecule has 1 N–H and O–H groups in total. The van der Waals surface area contributed by atoms with Crippen LogP contribution in [-0.2, 0) is 10.2 Å². The number of carboxylic acid groups (broad SMARTS) is 1. The van der Waals surface area contributed by atoms with Crippen molar-refractivity contribution in [2.75, 3.05) is 0 Å². The zero-order valence-electron chi connectivity index (χ0n) is 9.60. The second-order valence-corrected chi connectivity index (χ2v) is 4.37. The molecule has 0 spiro atoms. The molecule has 5 nitrogen and oxygen atoms in total. The lowest BCUT2D eigenvalue weighted by Crippen LogP contribution is -2.10. The predicted octanol–water partition coefficient (Wildman–Crippen LogP) is 2.55. The van der Waals surface area contributed by atoms with Crippen LogP contribution in [0.1, 0.15) is 18.4 Å². The molecule has 0 aliphatic heterocycles. The molecule has 1 aliphatic carbocycles. The van der Waals surface area contributed by atoms with E-state index in [0.717, 1.165) is 12.1 Å². The number of nitro groups is 1. The third-order valence-corrected chi connectivity index (χ3v) is 3.08. The van der Waals surface area contributed by atoms with Gasteiger partial charge in [0.05, 0.1) is 4.92 Å². The Morgan fingerprint density at radius 3 is 2.53 bits per heavy atom. The molecule has 2 rings (SSSR count). The Balaban J connectivity index is 2.56. The zero-order chi connectivity index (χ0) is 14.2. The minimum absolute atomic E-state index is 0.118. The van der Waals surface area contributed by atoms with Crippen molar-refractivity contribution in [3.63, 3.8) is 0 Å². The number of aliphatic carboxylic acids is 1. The van der Waals surface area contributed by atoms with Crippen molar-refractivity contribution in [2.24, 2.45) is 0 Å². The fourth-order valence-electron chi connectivity index (χ4n) is 2.02. The van der Waals surface area contributed by atoms with Gasteiger partial charge in [-0.25, -0.2) is 9.18 Å². The van der Waals surface area contributed by atoms with E-state index in [0.29, 0.717) is 18.9 Å². The molecular weight excluding hydrogens is 260 g/mol. The Kier molecular flexibility index (Phi) is 3.05. The first-order valence-corrected chi connectivity index (χ1v) is 5.42. The van der Waals surface area contributed by atoms with Gasteiger partial charge in [0, 0.05) is 23.1 Å². The molecule has 1 saturated carbocycles. The van der Waals surface area contributed by atoms with Crippen LogP contribution in [-0.4, -0.2) is 16.0 Å². The maximum Gasteiger partial charge on any atom is 0.328 e. The number of halogens is 2. The number of rotatable bonds is 4. The molecule has 0 radical (unpaired) electrons. The second-order valence-electron chi connectivity index (χ2n) is 4.37. The highest BCUT2D eigenvalue weighted by atomic mass is 19.1. The molecule has 19 heavy (non-hydrogen) atoms. The third-order valence-electron chi connectivity index (χ3n) is 3.08. The number of allylic oxidation sites excluding steroid dienone is 1. The average molecular weight is 269 g/mol. The van der Waals surface area contributed by atoms with E-state index in [1.165, 1.54) is 6.08 Å². The molecule has 1 fully saturated rings. The fourth-order valence-corrected chi connectivity index (χ4v) is 2.02. The highest BCUT2D eigenvalue weighted by Gasteiger charge is 2.47. The van der Waals surface area contributed by atoms with Gasteiger partial charge in [-0.1, -0.05) is 6.08 Å². The maximum atomic E-state index is 13.5. The van der Waals surface area contributed by atoms with Crippen molar-refractivity contribution in [1.29, 1.82) is 0 Å². The van der Waals surface area contributed by atoms with Gasteiger partial charge in [-0.15, -0.1) is 0 Å². The van der Waals surface area contributed by atoms with E-state index < -0.39 is 33.6 Å². The van der Waals surface area contributed by atoms with Crippen molar-refractivity contribution in [1.82, 2.24) is 0 Å². The Hall–Kier alpha value is -2.31. The lowest BCUT2D eigenvalue weighted by atomic mass is 9.93. The lowest BCUT2D eigenvalue weighted by molar-refractivity contribution is -0.388. The minimum atomic E-state index is -1.25. The molecule has 0 bridgehead atoms. The Morgan fingerprint density at radius 2 is 2.05 bits per heavy atom. The van der Waals surface area contributed by atoms with Crippen LogP contribution in [0.2, 0.25) is 0 Å². The monoisotopic (exact) mass is 269 g/mol. The lowest BCUT2D eigenvalue weighted by Gasteiger charge is -2.11. The van der Waals surface area contributed by atoms with Crippen LogP contribution in [0.5, 0.6) is 0 Å². The summed E-state index contributed by atoms with van der Waals surface area (Å²) in [5, 5.41) is 19.4. The summed E-state index contributed by atoms with van der Waals surface area (Å²) in [4.78, 5) is 20.4. The average Bonchev–Trinajstić information content (AvgIpc) is 3.05. The summed E-state index contributed by atoms with van der Waals surface area (Å²) in [5.74, 6) is -3.39. The molecule has 100 valence electrons. The quantitative estimate of drug-likeness (QED) is 0.517. The van der Waals surface area contributed by atoms with Crippen LogP contribution in [0, 0.1) is 21.7 Å². The molecule has 0 saturated heterocycles. The van der Waals surface area contributed by atoms with Crippen LogP contribution in [0.4, 0.5) is 14.5 Å². The van der Waals surface area contributed by atoms with E-state index in [1.807, 2.05) is 0 Å². The molecule has 0 amide bonds. The van der Waals surface area contributed by atoms with Gasteiger partial charge in [0.2, 0.25) is 5.82 Å². The minimum Gasteiger partial charge on any atom is -0.478 e. The van der Waals surface area contributed by atoms with Gasteiger partial charge in [-0.2, -0.15) is 4.39 Å². The summed E-state index contributed by atoms with van der Waals surface area (Å²) in [6, 6.07) is 1.33. The first-order chi connectivity index (χ1) is 8.85. The van der Waals surface area contributed by atoms with E-state index in [4.69, 9.17) is 5.11 Å². The summed E-state index contributed by atoms with van der Waals surface area (Å²) < 4.78 is 26.7. The Labute approximate surface area is 106 Å². The molecule has 0 heterocycles. The summed E-state index contributed by atoms with van der Waals surface area (Å²) in [6.07, 6.45) is 2.91. The summed E-state index contributed by atoms with van der Waals surface area (Å²) in [5.41, 5.74) is -1.87. The first-order valence-electron chi connectivity index (χ1n) is 5.42. The van der Waals surface area contributed by atoms with Crippen LogP contribution < -0.4 is 0 Å². The molecule has 1 aromatic carbocycles. The normalized spacial score (nSPS) is 16.5. The standard InChI is InChI=1S/C12H9F2NO4/c13-7-5-8(11(15(18)19)9(14)6-7)12(3-4-12)2-1-10(16)17/h1-2,5-6H,3-4H2,(H,16,17). The third kappa shape index (κ3) is 2.44. The second kappa shape index (κ2) is 4.42. The predicted molar refractivity (Wildman–Crippen MR) is 60.7 cm³/mol. The van der Waals surface area contributed by atoms with Crippen LogP contribution in [0.25, 0.3) is 0 Å². The highest BCUT2D eigenvalue weighted by molar-refractivity contribution is 5.80. The van der Waals surface area contributed by atoms with Crippen LogP contribution >= 0.6 is 0 Å². The number of nitro benzene ring substituents is 1. The van der Waals surface area contributed by atoms with Gasteiger partial charge in [-0.05, 0) is 18.9 Å². The van der Waals surface area contributed by atoms with Crippen molar-refractivity contribution in [2.45, 2.75) is 18.3 Å². The SMILES string of the molecule is O=C(O)C=CC1(c2cc(F)cc(F)c2[N+](=O)[O-])CC1. The largest absolute Gasteiger partial charge is 0.478 e. The van der Waals surface area contributed by atoms with Gasteiger partial charge in [0.25, 0.3) is 0 Å². The van der Waals surface area contributed by atoms with E-state index in [-0.39, 0.29) is 5.56 Å². The Morgan fingerprint density at radius 1 is 1.42 bits per heavy atom. The highest BCUT2D eigenvalue weighted by Crippen LogP contribution is 2.52. The summed E-state index contributed by atoms with van der Waals surface area (Å²) in [6.45, 7) is 0. The van der Waals surface area contributed by atoms with Crippen LogP contribution in [0.3, 0.4) is 0 Å². The van der Waals surface area contributed by atoms with Crippen molar-refractivity contribution < 1.29 is 23.6 Å². The van der Waals surface area contributed by atoms with E-state index in [2.05, 4.69) is 0 Å². The maximum absolute atomic E-state index is 13.5. The number of carboxylic acids is 1. The van der Waals surface area contributed by atoms with Gasteiger partial charge >= 0.3 is 11.7 Å². The van der Waals surface area contributed by atoms with E-state index in [1.54, 1.807) is 0 Å². The van der Waals surface area contributed by atoms with Crippen molar-refractivity contribution in [3.8, 4) is 0 Å². The van der Waals surface area contributed by atoms with Crippen LogP contribution in [0.15, 0.2) is 24.3 Å². The summed E-state index contributed by atoms with van der Waals surface area (Å²) in [7, 11) is 0. The van der Waals surface area contributed by atoms with Gasteiger partial charge < -0.3 is 5.11 Å². The van der Waals surface area contributed by atoms with Gasteiger partial charge in [-0.3, -0.25) is 10.1 Å². The van der Waals surface area contributed by atoms with Gasteiger partial charge in [0.1, 0.15) is 5.82 Å². The van der Waals surface area contributed by atoms with E-state index >= 15 is 0 Å². The number of hydrogen-bond acceptors (Lipinski definition) is 3. The molecular formula is C12H9F2NO4.